The van der Waals surface area contributed by atoms with E-state index in [4.69, 9.17) is 4.74 Å². The Kier molecular flexibility index (Phi) is 4.24. The van der Waals surface area contributed by atoms with Crippen LogP contribution < -0.4 is 10.1 Å². The number of hydrogen-bond acceptors (Lipinski definition) is 6. The van der Waals surface area contributed by atoms with Crippen LogP contribution in [0.25, 0.3) is 10.2 Å². The van der Waals surface area contributed by atoms with Crippen molar-refractivity contribution in [2.45, 2.75) is 19.8 Å². The number of rotatable bonds is 4. The van der Waals surface area contributed by atoms with Crippen molar-refractivity contribution in [2.24, 2.45) is 5.10 Å². The zero-order valence-corrected chi connectivity index (χ0v) is 13.6. The van der Waals surface area contributed by atoms with Gasteiger partial charge in [-0.05, 0) is 25.1 Å². The van der Waals surface area contributed by atoms with Gasteiger partial charge in [-0.15, -0.1) is 0 Å². The van der Waals surface area contributed by atoms with Gasteiger partial charge in [0.15, 0.2) is 5.13 Å². The average Bonchev–Trinajstić information content (AvgIpc) is 2.91. The first-order chi connectivity index (χ1) is 11.1. The Labute approximate surface area is 136 Å². The van der Waals surface area contributed by atoms with Gasteiger partial charge in [0.05, 0.1) is 16.8 Å². The molecule has 1 aromatic carbocycles. The molecule has 0 atom stereocenters. The molecule has 0 radical (unpaired) electrons. The molecule has 2 heterocycles. The summed E-state index contributed by atoms with van der Waals surface area (Å²) in [5.74, 6) is 0.358. The molecule has 0 saturated heterocycles. The molecule has 1 aliphatic heterocycles. The zero-order chi connectivity index (χ0) is 16.4. The van der Waals surface area contributed by atoms with E-state index in [0.717, 1.165) is 16.0 Å². The van der Waals surface area contributed by atoms with Crippen molar-refractivity contribution < 1.29 is 14.3 Å². The monoisotopic (exact) mass is 332 g/mol. The molecular formula is C15H16N4O3S. The third-order valence-corrected chi connectivity index (χ3v) is 4.29. The number of carbonyl (C=O) groups excluding carboxylic acids is 2. The van der Waals surface area contributed by atoms with Crippen LogP contribution in [0, 0.1) is 0 Å². The number of hydrazone groups is 1. The van der Waals surface area contributed by atoms with Gasteiger partial charge in [0.25, 0.3) is 5.91 Å². The van der Waals surface area contributed by atoms with Crippen LogP contribution in [0.2, 0.25) is 0 Å². The van der Waals surface area contributed by atoms with E-state index in [0.29, 0.717) is 30.3 Å². The maximum absolute atomic E-state index is 12.2. The van der Waals surface area contributed by atoms with Gasteiger partial charge in [-0.2, -0.15) is 5.10 Å². The summed E-state index contributed by atoms with van der Waals surface area (Å²) >= 11 is 1.37. The summed E-state index contributed by atoms with van der Waals surface area (Å²) in [7, 11) is 1.54. The Morgan fingerprint density at radius 3 is 3.00 bits per heavy atom. The third-order valence-electron chi connectivity index (χ3n) is 3.36. The lowest BCUT2D eigenvalue weighted by molar-refractivity contribution is -0.130. The summed E-state index contributed by atoms with van der Waals surface area (Å²) in [5.41, 5.74) is 1.13. The molecule has 0 saturated carbocycles. The molecule has 3 rings (SSSR count). The fourth-order valence-electron chi connectivity index (χ4n) is 2.22. The topological polar surface area (TPSA) is 83.9 Å². The second-order valence-corrected chi connectivity index (χ2v) is 6.03. The fraction of sp³-hybridized carbons (Fsp3) is 0.333. The number of amides is 2. The lowest BCUT2D eigenvalue weighted by atomic mass is 10.1. The van der Waals surface area contributed by atoms with Crippen LogP contribution >= 0.6 is 11.3 Å². The lowest BCUT2D eigenvalue weighted by Gasteiger charge is -2.18. The molecule has 2 amide bonds. The van der Waals surface area contributed by atoms with E-state index in [1.54, 1.807) is 7.05 Å². The molecule has 1 N–H and O–H groups in total. The van der Waals surface area contributed by atoms with Gasteiger partial charge in [-0.3, -0.25) is 14.9 Å². The second kappa shape index (κ2) is 6.33. The SMILES string of the molecule is CCOc1ccc2nc(NC(=O)C3=NN(C)C(=O)CC3)sc2c1. The highest BCUT2D eigenvalue weighted by Gasteiger charge is 2.22. The van der Waals surface area contributed by atoms with E-state index in [-0.39, 0.29) is 11.8 Å². The van der Waals surface area contributed by atoms with Gasteiger partial charge in [-0.25, -0.2) is 9.99 Å². The van der Waals surface area contributed by atoms with E-state index < -0.39 is 0 Å². The maximum atomic E-state index is 12.2. The van der Waals surface area contributed by atoms with Gasteiger partial charge >= 0.3 is 0 Å². The van der Waals surface area contributed by atoms with E-state index in [1.165, 1.54) is 16.3 Å². The maximum Gasteiger partial charge on any atom is 0.273 e. The number of anilines is 1. The Morgan fingerprint density at radius 2 is 2.26 bits per heavy atom. The Bertz CT molecular complexity index is 799. The van der Waals surface area contributed by atoms with Crippen LogP contribution in [-0.2, 0) is 9.59 Å². The number of fused-ring (bicyclic) bond motifs is 1. The van der Waals surface area contributed by atoms with Crippen LogP contribution in [0.15, 0.2) is 23.3 Å². The van der Waals surface area contributed by atoms with Gasteiger partial charge in [0, 0.05) is 19.9 Å². The molecule has 0 fully saturated rings. The highest BCUT2D eigenvalue weighted by Crippen LogP contribution is 2.29. The summed E-state index contributed by atoms with van der Waals surface area (Å²) in [5, 5.41) is 8.44. The van der Waals surface area contributed by atoms with Crippen LogP contribution in [0.5, 0.6) is 5.75 Å². The Balaban J connectivity index is 1.77. The number of nitrogens with one attached hydrogen (secondary N) is 1. The molecule has 0 unspecified atom stereocenters. The number of ether oxygens (including phenoxy) is 1. The second-order valence-electron chi connectivity index (χ2n) is 5.00. The minimum Gasteiger partial charge on any atom is -0.494 e. The smallest absolute Gasteiger partial charge is 0.273 e. The Morgan fingerprint density at radius 1 is 1.43 bits per heavy atom. The first-order valence-corrected chi connectivity index (χ1v) is 8.07. The quantitative estimate of drug-likeness (QED) is 0.930. The first-order valence-electron chi connectivity index (χ1n) is 7.25. The van der Waals surface area contributed by atoms with Crippen molar-refractivity contribution in [3.63, 3.8) is 0 Å². The molecule has 8 heteroatoms. The largest absolute Gasteiger partial charge is 0.494 e. The third kappa shape index (κ3) is 3.31. The highest BCUT2D eigenvalue weighted by molar-refractivity contribution is 7.22. The highest BCUT2D eigenvalue weighted by atomic mass is 32.1. The van der Waals surface area contributed by atoms with Crippen LogP contribution in [0.4, 0.5) is 5.13 Å². The molecule has 0 bridgehead atoms. The normalized spacial score (nSPS) is 14.8. The van der Waals surface area contributed by atoms with Gasteiger partial charge < -0.3 is 4.74 Å². The number of nitrogens with zero attached hydrogens (tertiary/aromatic N) is 3. The van der Waals surface area contributed by atoms with Crippen LogP contribution in [0.3, 0.4) is 0 Å². The summed E-state index contributed by atoms with van der Waals surface area (Å²) in [6.07, 6.45) is 0.634. The molecule has 0 spiro atoms. The average molecular weight is 332 g/mol. The molecule has 0 aliphatic carbocycles. The van der Waals surface area contributed by atoms with Crippen LogP contribution in [0.1, 0.15) is 19.8 Å². The van der Waals surface area contributed by atoms with Gasteiger partial charge in [-0.1, -0.05) is 11.3 Å². The fourth-order valence-corrected chi connectivity index (χ4v) is 3.11. The van der Waals surface area contributed by atoms with Gasteiger partial charge in [0.2, 0.25) is 5.91 Å². The summed E-state index contributed by atoms with van der Waals surface area (Å²) in [4.78, 5) is 28.0. The molecule has 1 aliphatic rings. The van der Waals surface area contributed by atoms with Crippen LogP contribution in [-0.4, -0.2) is 41.2 Å². The number of benzene rings is 1. The predicted molar refractivity (Wildman–Crippen MR) is 88.9 cm³/mol. The number of hydrogen-bond donors (Lipinski definition) is 1. The van der Waals surface area contributed by atoms with Crippen molar-refractivity contribution in [1.29, 1.82) is 0 Å². The first kappa shape index (κ1) is 15.4. The summed E-state index contributed by atoms with van der Waals surface area (Å²) < 4.78 is 6.39. The molecule has 2 aromatic rings. The summed E-state index contributed by atoms with van der Waals surface area (Å²) in [6.45, 7) is 2.52. The Hall–Kier alpha value is -2.48. The standard InChI is InChI=1S/C15H16N4O3S/c1-3-22-9-4-5-10-12(8-9)23-15(16-10)17-14(21)11-6-7-13(20)19(2)18-11/h4-5,8H,3,6-7H2,1-2H3,(H,16,17,21). The predicted octanol–water partition coefficient (Wildman–Crippen LogP) is 2.24. The van der Waals surface area contributed by atoms with Crippen molar-refractivity contribution in [2.75, 3.05) is 19.0 Å². The lowest BCUT2D eigenvalue weighted by Crippen LogP contribution is -2.34. The molecule has 7 nitrogen and oxygen atoms in total. The molecule has 120 valence electrons. The van der Waals surface area contributed by atoms with E-state index in [2.05, 4.69) is 15.4 Å². The minimum atomic E-state index is -0.326. The summed E-state index contributed by atoms with van der Waals surface area (Å²) in [6, 6.07) is 5.61. The van der Waals surface area contributed by atoms with E-state index in [1.807, 2.05) is 25.1 Å². The van der Waals surface area contributed by atoms with Gasteiger partial charge in [0.1, 0.15) is 11.5 Å². The zero-order valence-electron chi connectivity index (χ0n) is 12.8. The minimum absolute atomic E-state index is 0.0926. The van der Waals surface area contributed by atoms with E-state index >= 15 is 0 Å². The van der Waals surface area contributed by atoms with Crippen molar-refractivity contribution >= 4 is 44.2 Å². The van der Waals surface area contributed by atoms with Crippen molar-refractivity contribution in [1.82, 2.24) is 9.99 Å². The van der Waals surface area contributed by atoms with E-state index in [9.17, 15) is 9.59 Å². The number of aromatic nitrogens is 1. The number of thiazole rings is 1. The molecule has 23 heavy (non-hydrogen) atoms. The molecular weight excluding hydrogens is 316 g/mol. The molecule has 1 aromatic heterocycles. The van der Waals surface area contributed by atoms with Crippen molar-refractivity contribution in [3.8, 4) is 5.75 Å². The number of carbonyl (C=O) groups is 2. The van der Waals surface area contributed by atoms with Crippen molar-refractivity contribution in [3.05, 3.63) is 18.2 Å².